The second-order valence-corrected chi connectivity index (χ2v) is 3.54. The molecule has 0 aromatic heterocycles. The molecule has 0 aliphatic rings. The van der Waals surface area contributed by atoms with Crippen LogP contribution < -0.4 is 4.74 Å². The van der Waals surface area contributed by atoms with Crippen LogP contribution in [0.3, 0.4) is 0 Å². The summed E-state index contributed by atoms with van der Waals surface area (Å²) in [5.41, 5.74) is 0.472. The van der Waals surface area contributed by atoms with Crippen LogP contribution in [0.15, 0.2) is 30.0 Å². The lowest BCUT2D eigenvalue weighted by atomic mass is 10.2. The zero-order valence-corrected chi connectivity index (χ0v) is 10.7. The molecule has 0 atom stereocenters. The summed E-state index contributed by atoms with van der Waals surface area (Å²) < 4.78 is 27.1. The molecule has 1 aromatic carbocycles. The smallest absolute Gasteiger partial charge is 0.374 e. The Labute approximate surface area is 109 Å². The molecule has 5 nitrogen and oxygen atoms in total. The molecule has 102 valence electrons. The summed E-state index contributed by atoms with van der Waals surface area (Å²) in [4.78, 5) is 22.6. The van der Waals surface area contributed by atoms with E-state index < -0.39 is 17.8 Å². The Bertz CT molecular complexity index is 522. The van der Waals surface area contributed by atoms with Crippen molar-refractivity contribution < 1.29 is 28.2 Å². The summed E-state index contributed by atoms with van der Waals surface area (Å²) in [6.07, 6.45) is 0.856. The summed E-state index contributed by atoms with van der Waals surface area (Å²) in [6, 6.07) is 3.76. The van der Waals surface area contributed by atoms with Crippen LogP contribution >= 0.6 is 0 Å². The first-order chi connectivity index (χ1) is 8.97. The van der Waals surface area contributed by atoms with Crippen molar-refractivity contribution in [3.05, 3.63) is 41.4 Å². The van der Waals surface area contributed by atoms with Crippen molar-refractivity contribution in [3.8, 4) is 5.75 Å². The number of halogens is 1. The Morgan fingerprint density at radius 2 is 1.89 bits per heavy atom. The molecule has 0 bridgehead atoms. The summed E-state index contributed by atoms with van der Waals surface area (Å²) in [6.45, 7) is 1.60. The van der Waals surface area contributed by atoms with Crippen molar-refractivity contribution >= 4 is 11.9 Å². The average Bonchev–Trinajstić information content (AvgIpc) is 2.39. The molecule has 0 saturated carbocycles. The van der Waals surface area contributed by atoms with Gasteiger partial charge in [-0.15, -0.1) is 0 Å². The number of carbonyl (C=O) groups is 2. The van der Waals surface area contributed by atoms with Gasteiger partial charge in [0, 0.05) is 0 Å². The van der Waals surface area contributed by atoms with Gasteiger partial charge in [-0.2, -0.15) is 0 Å². The predicted octanol–water partition coefficient (Wildman–Crippen LogP) is 1.74. The number of hydrogen-bond donors (Lipinski definition) is 0. The molecule has 6 heteroatoms. The van der Waals surface area contributed by atoms with Crippen molar-refractivity contribution in [2.24, 2.45) is 0 Å². The number of esters is 2. The fourth-order valence-electron chi connectivity index (χ4n) is 1.24. The van der Waals surface area contributed by atoms with Gasteiger partial charge in [0.05, 0.1) is 20.3 Å². The molecular weight excluding hydrogens is 255 g/mol. The monoisotopic (exact) mass is 268 g/mol. The van der Waals surface area contributed by atoms with E-state index in [0.29, 0.717) is 5.56 Å². The molecule has 0 fully saturated rings. The lowest BCUT2D eigenvalue weighted by Gasteiger charge is -2.10. The largest absolute Gasteiger partial charge is 0.466 e. The molecule has 0 saturated heterocycles. The van der Waals surface area contributed by atoms with Gasteiger partial charge in [0.1, 0.15) is 11.6 Å². The van der Waals surface area contributed by atoms with Crippen LogP contribution in [0.1, 0.15) is 5.56 Å². The van der Waals surface area contributed by atoms with Crippen LogP contribution in [-0.2, 0) is 19.1 Å². The molecule has 0 heterocycles. The number of rotatable bonds is 4. The number of benzene rings is 1. The van der Waals surface area contributed by atoms with E-state index in [2.05, 4.69) is 9.47 Å². The molecule has 1 rings (SSSR count). The van der Waals surface area contributed by atoms with Crippen molar-refractivity contribution in [1.29, 1.82) is 0 Å². The van der Waals surface area contributed by atoms with Crippen LogP contribution in [0, 0.1) is 12.7 Å². The Morgan fingerprint density at radius 1 is 1.21 bits per heavy atom. The van der Waals surface area contributed by atoms with E-state index in [0.717, 1.165) is 20.3 Å². The molecule has 0 amide bonds. The van der Waals surface area contributed by atoms with Gasteiger partial charge in [0.25, 0.3) is 0 Å². The lowest BCUT2D eigenvalue weighted by molar-refractivity contribution is -0.140. The molecule has 1 aromatic rings. The maximum atomic E-state index is 12.9. The summed E-state index contributed by atoms with van der Waals surface area (Å²) >= 11 is 0. The first-order valence-electron chi connectivity index (χ1n) is 5.30. The minimum atomic E-state index is -0.839. The van der Waals surface area contributed by atoms with Gasteiger partial charge < -0.3 is 14.2 Å². The van der Waals surface area contributed by atoms with Crippen LogP contribution in [0.2, 0.25) is 0 Å². The quantitative estimate of drug-likeness (QED) is 0.473. The number of aryl methyl sites for hydroxylation is 1. The van der Waals surface area contributed by atoms with Crippen molar-refractivity contribution in [1.82, 2.24) is 0 Å². The Balaban J connectivity index is 3.04. The number of carbonyl (C=O) groups excluding carboxylic acids is 2. The third kappa shape index (κ3) is 4.09. The average molecular weight is 268 g/mol. The highest BCUT2D eigenvalue weighted by atomic mass is 19.1. The van der Waals surface area contributed by atoms with Crippen molar-refractivity contribution in [3.63, 3.8) is 0 Å². The molecular formula is C13H13FO5. The van der Waals surface area contributed by atoms with Gasteiger partial charge in [-0.05, 0) is 30.7 Å². The maximum absolute atomic E-state index is 12.9. The van der Waals surface area contributed by atoms with E-state index in [1.54, 1.807) is 6.92 Å². The highest BCUT2D eigenvalue weighted by Crippen LogP contribution is 2.21. The second kappa shape index (κ2) is 6.53. The first kappa shape index (κ1) is 14.7. The topological polar surface area (TPSA) is 61.8 Å². The fraction of sp³-hybridized carbons (Fsp3) is 0.231. The normalized spacial score (nSPS) is 10.8. The summed E-state index contributed by atoms with van der Waals surface area (Å²) in [7, 11) is 2.31. The highest BCUT2D eigenvalue weighted by molar-refractivity contribution is 5.95. The minimum absolute atomic E-state index is 0.238. The summed E-state index contributed by atoms with van der Waals surface area (Å²) in [5.74, 6) is -2.14. The molecule has 0 spiro atoms. The van der Waals surface area contributed by atoms with Crippen LogP contribution in [0.25, 0.3) is 0 Å². The molecule has 0 N–H and O–H groups in total. The van der Waals surface area contributed by atoms with E-state index in [-0.39, 0.29) is 11.5 Å². The number of methoxy groups -OCH3 is 2. The van der Waals surface area contributed by atoms with Crippen LogP contribution in [0.5, 0.6) is 5.75 Å². The fourth-order valence-corrected chi connectivity index (χ4v) is 1.24. The molecule has 19 heavy (non-hydrogen) atoms. The zero-order valence-electron chi connectivity index (χ0n) is 10.7. The van der Waals surface area contributed by atoms with E-state index >= 15 is 0 Å². The van der Waals surface area contributed by atoms with Gasteiger partial charge in [0.15, 0.2) is 0 Å². The van der Waals surface area contributed by atoms with E-state index in [4.69, 9.17) is 4.74 Å². The third-order valence-electron chi connectivity index (χ3n) is 2.19. The Hall–Kier alpha value is -2.37. The lowest BCUT2D eigenvalue weighted by Crippen LogP contribution is -2.14. The standard InChI is InChI=1S/C13H13FO5/c1-8-6-9(14)4-5-10(8)19-11(13(16)18-3)7-12(15)17-2/h4-7H,1-3H3/b11-7+. The minimum Gasteiger partial charge on any atom is -0.466 e. The highest BCUT2D eigenvalue weighted by Gasteiger charge is 2.16. The maximum Gasteiger partial charge on any atom is 0.374 e. The first-order valence-corrected chi connectivity index (χ1v) is 5.30. The SMILES string of the molecule is COC(=O)/C=C(/Oc1ccc(F)cc1C)C(=O)OC. The Kier molecular flexibility index (Phi) is 5.05. The molecule has 0 unspecified atom stereocenters. The van der Waals surface area contributed by atoms with E-state index in [1.807, 2.05) is 0 Å². The zero-order chi connectivity index (χ0) is 14.4. The second-order valence-electron chi connectivity index (χ2n) is 3.54. The Morgan fingerprint density at radius 3 is 2.42 bits per heavy atom. The van der Waals surface area contributed by atoms with Crippen LogP contribution in [-0.4, -0.2) is 26.2 Å². The van der Waals surface area contributed by atoms with E-state index in [1.165, 1.54) is 18.2 Å². The van der Waals surface area contributed by atoms with Gasteiger partial charge in [-0.1, -0.05) is 0 Å². The molecule has 0 aliphatic carbocycles. The third-order valence-corrected chi connectivity index (χ3v) is 2.19. The number of hydrogen-bond acceptors (Lipinski definition) is 5. The van der Waals surface area contributed by atoms with Gasteiger partial charge in [-0.3, -0.25) is 0 Å². The molecule has 0 radical (unpaired) electrons. The van der Waals surface area contributed by atoms with Gasteiger partial charge in [0.2, 0.25) is 5.76 Å². The van der Waals surface area contributed by atoms with E-state index in [9.17, 15) is 14.0 Å². The van der Waals surface area contributed by atoms with Crippen molar-refractivity contribution in [2.75, 3.05) is 14.2 Å². The van der Waals surface area contributed by atoms with Gasteiger partial charge >= 0.3 is 11.9 Å². The summed E-state index contributed by atoms with van der Waals surface area (Å²) in [5, 5.41) is 0. The number of ether oxygens (including phenoxy) is 3. The van der Waals surface area contributed by atoms with Crippen molar-refractivity contribution in [2.45, 2.75) is 6.92 Å². The van der Waals surface area contributed by atoms with Crippen LogP contribution in [0.4, 0.5) is 4.39 Å². The molecule has 0 aliphatic heterocycles. The predicted molar refractivity (Wildman–Crippen MR) is 63.9 cm³/mol. The van der Waals surface area contributed by atoms with Gasteiger partial charge in [-0.25, -0.2) is 14.0 Å².